The Morgan fingerprint density at radius 2 is 0.923 bits per heavy atom. The average molecular weight is 336 g/mol. The van der Waals surface area contributed by atoms with E-state index < -0.39 is 0 Å². The molecule has 0 heterocycles. The summed E-state index contributed by atoms with van der Waals surface area (Å²) in [5, 5.41) is 2.56. The van der Waals surface area contributed by atoms with Crippen molar-refractivity contribution in [3.8, 4) is 22.3 Å². The van der Waals surface area contributed by atoms with Crippen LogP contribution in [0.5, 0.6) is 0 Å². The van der Waals surface area contributed by atoms with Crippen molar-refractivity contribution in [3.63, 3.8) is 0 Å². The zero-order valence-corrected chi connectivity index (χ0v) is 15.7. The fourth-order valence-electron chi connectivity index (χ4n) is 3.40. The van der Waals surface area contributed by atoms with Crippen molar-refractivity contribution in [2.24, 2.45) is 0 Å². The second kappa shape index (κ2) is 6.46. The van der Waals surface area contributed by atoms with Crippen LogP contribution in [0.3, 0.4) is 0 Å². The molecular weight excluding hydrogens is 312 g/mol. The highest BCUT2D eigenvalue weighted by Crippen LogP contribution is 2.30. The predicted octanol–water partition coefficient (Wildman–Crippen LogP) is 7.47. The highest BCUT2D eigenvalue weighted by Gasteiger charge is 2.13. The normalized spacial score (nSPS) is 11.7. The van der Waals surface area contributed by atoms with Crippen LogP contribution in [0.1, 0.15) is 26.3 Å². The molecular formula is C26H24. The maximum absolute atomic E-state index is 2.29. The molecule has 0 heteroatoms. The molecule has 4 aromatic carbocycles. The summed E-state index contributed by atoms with van der Waals surface area (Å²) in [5.74, 6) is 0. The lowest BCUT2D eigenvalue weighted by atomic mass is 9.86. The van der Waals surface area contributed by atoms with Gasteiger partial charge in [0, 0.05) is 0 Å². The van der Waals surface area contributed by atoms with Gasteiger partial charge in [-0.1, -0.05) is 99.6 Å². The molecule has 128 valence electrons. The van der Waals surface area contributed by atoms with Crippen molar-refractivity contribution in [2.75, 3.05) is 0 Å². The van der Waals surface area contributed by atoms with Crippen molar-refractivity contribution in [1.82, 2.24) is 0 Å². The van der Waals surface area contributed by atoms with Crippen molar-refractivity contribution in [3.05, 3.63) is 96.6 Å². The van der Waals surface area contributed by atoms with E-state index in [-0.39, 0.29) is 5.41 Å². The third kappa shape index (κ3) is 3.28. The van der Waals surface area contributed by atoms with Gasteiger partial charge in [-0.3, -0.25) is 0 Å². The molecule has 0 aliphatic rings. The summed E-state index contributed by atoms with van der Waals surface area (Å²) < 4.78 is 0. The summed E-state index contributed by atoms with van der Waals surface area (Å²) in [6, 6.07) is 33.0. The molecule has 0 nitrogen and oxygen atoms in total. The van der Waals surface area contributed by atoms with Gasteiger partial charge in [-0.05, 0) is 56.1 Å². The van der Waals surface area contributed by atoms with Gasteiger partial charge in [0.25, 0.3) is 0 Å². The number of rotatable bonds is 2. The molecule has 0 unspecified atom stereocenters. The van der Waals surface area contributed by atoms with Crippen LogP contribution in [0.4, 0.5) is 0 Å². The second-order valence-electron chi connectivity index (χ2n) is 7.97. The predicted molar refractivity (Wildman–Crippen MR) is 114 cm³/mol. The minimum Gasteiger partial charge on any atom is -0.0622 e. The maximum atomic E-state index is 2.29. The lowest BCUT2D eigenvalue weighted by Gasteiger charge is -2.19. The quantitative estimate of drug-likeness (QED) is 0.356. The lowest BCUT2D eigenvalue weighted by molar-refractivity contribution is 0.590. The first-order valence-corrected chi connectivity index (χ1v) is 9.21. The summed E-state index contributed by atoms with van der Waals surface area (Å²) in [7, 11) is 0. The SMILES string of the molecule is CC(C)(C)c1ccc(-c2ccc3cc(-c4ccccc4)ccc3c2)cc1. The Morgan fingerprint density at radius 1 is 0.462 bits per heavy atom. The standard InChI is InChI=1S/C26H24/c1-26(2,3)25-15-13-20(14-16-25)22-10-12-23-17-21(9-11-24(23)18-22)19-7-5-4-6-8-19/h4-18H,1-3H3. The maximum Gasteiger partial charge on any atom is -0.0132 e. The van der Waals surface area contributed by atoms with E-state index in [1.807, 2.05) is 0 Å². The largest absolute Gasteiger partial charge is 0.0622 e. The van der Waals surface area contributed by atoms with Crippen LogP contribution in [0.15, 0.2) is 91.0 Å². The van der Waals surface area contributed by atoms with Crippen molar-refractivity contribution in [1.29, 1.82) is 0 Å². The molecule has 0 aliphatic heterocycles. The van der Waals surface area contributed by atoms with Crippen LogP contribution >= 0.6 is 0 Å². The average Bonchev–Trinajstić information content (AvgIpc) is 2.67. The highest BCUT2D eigenvalue weighted by molar-refractivity contribution is 5.90. The zero-order chi connectivity index (χ0) is 18.1. The van der Waals surface area contributed by atoms with E-state index >= 15 is 0 Å². The van der Waals surface area contributed by atoms with Crippen molar-refractivity contribution < 1.29 is 0 Å². The summed E-state index contributed by atoms with van der Waals surface area (Å²) in [5.41, 5.74) is 6.62. The third-order valence-corrected chi connectivity index (χ3v) is 5.03. The molecule has 26 heavy (non-hydrogen) atoms. The molecule has 0 aromatic heterocycles. The first-order valence-electron chi connectivity index (χ1n) is 9.21. The monoisotopic (exact) mass is 336 g/mol. The van der Waals surface area contributed by atoms with Crippen molar-refractivity contribution >= 4 is 10.8 Å². The first-order chi connectivity index (χ1) is 12.5. The molecule has 0 N–H and O–H groups in total. The molecule has 4 rings (SSSR count). The van der Waals surface area contributed by atoms with E-state index in [2.05, 4.69) is 112 Å². The fraction of sp³-hybridized carbons (Fsp3) is 0.154. The zero-order valence-electron chi connectivity index (χ0n) is 15.7. The van der Waals surface area contributed by atoms with E-state index in [1.54, 1.807) is 0 Å². The molecule has 0 saturated heterocycles. The topological polar surface area (TPSA) is 0 Å². The molecule has 0 atom stereocenters. The number of hydrogen-bond acceptors (Lipinski definition) is 0. The summed E-state index contributed by atoms with van der Waals surface area (Å²) in [6.07, 6.45) is 0. The van der Waals surface area contributed by atoms with Gasteiger partial charge >= 0.3 is 0 Å². The summed E-state index contributed by atoms with van der Waals surface area (Å²) in [4.78, 5) is 0. The molecule has 0 aliphatic carbocycles. The van der Waals surface area contributed by atoms with Crippen LogP contribution in [-0.4, -0.2) is 0 Å². The Labute approximate surface area is 156 Å². The van der Waals surface area contributed by atoms with Crippen LogP contribution in [0.25, 0.3) is 33.0 Å². The second-order valence-corrected chi connectivity index (χ2v) is 7.97. The number of benzene rings is 4. The van der Waals surface area contributed by atoms with Crippen LogP contribution in [-0.2, 0) is 5.41 Å². The molecule has 0 fully saturated rings. The Morgan fingerprint density at radius 3 is 1.42 bits per heavy atom. The minimum absolute atomic E-state index is 0.190. The number of fused-ring (bicyclic) bond motifs is 1. The Balaban J connectivity index is 1.70. The molecule has 0 radical (unpaired) electrons. The van der Waals surface area contributed by atoms with Gasteiger partial charge in [0.15, 0.2) is 0 Å². The van der Waals surface area contributed by atoms with Gasteiger partial charge in [-0.25, -0.2) is 0 Å². The van der Waals surface area contributed by atoms with Gasteiger partial charge < -0.3 is 0 Å². The molecule has 4 aromatic rings. The van der Waals surface area contributed by atoms with E-state index in [1.165, 1.54) is 38.6 Å². The Hall–Kier alpha value is -2.86. The molecule has 0 amide bonds. The molecule has 0 bridgehead atoms. The molecule has 0 spiro atoms. The van der Waals surface area contributed by atoms with Crippen molar-refractivity contribution in [2.45, 2.75) is 26.2 Å². The van der Waals surface area contributed by atoms with Gasteiger partial charge in [0.1, 0.15) is 0 Å². The highest BCUT2D eigenvalue weighted by atomic mass is 14.2. The Kier molecular flexibility index (Phi) is 4.12. The van der Waals surface area contributed by atoms with Gasteiger partial charge in [-0.15, -0.1) is 0 Å². The molecule has 0 saturated carbocycles. The van der Waals surface area contributed by atoms with E-state index in [9.17, 15) is 0 Å². The third-order valence-electron chi connectivity index (χ3n) is 5.03. The minimum atomic E-state index is 0.190. The van der Waals surface area contributed by atoms with Gasteiger partial charge in [0.2, 0.25) is 0 Å². The number of hydrogen-bond donors (Lipinski definition) is 0. The van der Waals surface area contributed by atoms with Crippen LogP contribution < -0.4 is 0 Å². The Bertz CT molecular complexity index is 1030. The lowest BCUT2D eigenvalue weighted by Crippen LogP contribution is -2.10. The fourth-order valence-corrected chi connectivity index (χ4v) is 3.40. The van der Waals surface area contributed by atoms with E-state index in [0.717, 1.165) is 0 Å². The van der Waals surface area contributed by atoms with Crippen LogP contribution in [0, 0.1) is 0 Å². The van der Waals surface area contributed by atoms with Gasteiger partial charge in [0.05, 0.1) is 0 Å². The van der Waals surface area contributed by atoms with E-state index in [0.29, 0.717) is 0 Å². The summed E-state index contributed by atoms with van der Waals surface area (Å²) in [6.45, 7) is 6.76. The first kappa shape index (κ1) is 16.6. The smallest absolute Gasteiger partial charge is 0.0132 e. The van der Waals surface area contributed by atoms with Crippen LogP contribution in [0.2, 0.25) is 0 Å². The van der Waals surface area contributed by atoms with Gasteiger partial charge in [-0.2, -0.15) is 0 Å². The van der Waals surface area contributed by atoms with E-state index in [4.69, 9.17) is 0 Å². The summed E-state index contributed by atoms with van der Waals surface area (Å²) >= 11 is 0.